The van der Waals surface area contributed by atoms with Crippen LogP contribution in [0.3, 0.4) is 0 Å². The average molecular weight is 548 g/mol. The van der Waals surface area contributed by atoms with Crippen LogP contribution in [0.4, 0.5) is 10.6 Å². The zero-order valence-corrected chi connectivity index (χ0v) is 23.4. The number of hydrogen-bond acceptors (Lipinski definition) is 6. The molecule has 6 rings (SSSR count). The van der Waals surface area contributed by atoms with Crippen molar-refractivity contribution in [3.8, 4) is 0 Å². The predicted molar refractivity (Wildman–Crippen MR) is 152 cm³/mol. The first-order valence-electron chi connectivity index (χ1n) is 13.7. The smallest absolute Gasteiger partial charge is 0.416 e. The van der Waals surface area contributed by atoms with E-state index in [0.29, 0.717) is 36.1 Å². The molecular formula is C30H34ClN5O3. The van der Waals surface area contributed by atoms with Gasteiger partial charge in [-0.15, -0.1) is 0 Å². The molecule has 2 unspecified atom stereocenters. The molecule has 8 nitrogen and oxygen atoms in total. The molecule has 2 aliphatic rings. The summed E-state index contributed by atoms with van der Waals surface area (Å²) < 4.78 is 14.2. The van der Waals surface area contributed by atoms with Crippen molar-refractivity contribution in [2.24, 2.45) is 5.92 Å². The lowest BCUT2D eigenvalue weighted by molar-refractivity contribution is 0.0434. The third-order valence-electron chi connectivity index (χ3n) is 7.47. The van der Waals surface area contributed by atoms with E-state index in [1.165, 1.54) is 6.33 Å². The van der Waals surface area contributed by atoms with Crippen molar-refractivity contribution in [3.05, 3.63) is 59.6 Å². The van der Waals surface area contributed by atoms with Crippen molar-refractivity contribution in [3.63, 3.8) is 0 Å². The van der Waals surface area contributed by atoms with E-state index in [1.807, 2.05) is 39.0 Å². The predicted octanol–water partition coefficient (Wildman–Crippen LogP) is 7.09. The SMILES string of the molecule is CC(C)(C)OC(=O)N(CC1CC1)c1ccc2ccc(COC3CCC(n4ccc5c(Cl)ncnc54)C3)cc2n1. The largest absolute Gasteiger partial charge is 0.443 e. The number of hydrogen-bond donors (Lipinski definition) is 0. The summed E-state index contributed by atoms with van der Waals surface area (Å²) in [7, 11) is 0. The number of aromatic nitrogens is 4. The number of carbonyl (C=O) groups excluding carboxylic acids is 1. The first-order valence-corrected chi connectivity index (χ1v) is 14.1. The number of rotatable bonds is 7. The lowest BCUT2D eigenvalue weighted by Crippen LogP contribution is -2.38. The molecule has 204 valence electrons. The molecule has 0 saturated heterocycles. The van der Waals surface area contributed by atoms with Crippen molar-refractivity contribution < 1.29 is 14.3 Å². The molecule has 0 N–H and O–H groups in total. The number of carbonyl (C=O) groups is 1. The van der Waals surface area contributed by atoms with Gasteiger partial charge in [0.15, 0.2) is 0 Å². The summed E-state index contributed by atoms with van der Waals surface area (Å²) >= 11 is 6.24. The molecule has 3 aromatic heterocycles. The van der Waals surface area contributed by atoms with Gasteiger partial charge in [0.05, 0.1) is 23.6 Å². The standard InChI is InChI=1S/C30H34ClN5O3/c1-30(2,3)39-29(37)36(16-19-4-5-19)26-11-8-21-7-6-20(14-25(21)34-26)17-38-23-10-9-22(15-23)35-13-12-24-27(31)32-18-33-28(24)35/h6-8,11-14,18-19,22-23H,4-5,9-10,15-17H2,1-3H3. The summed E-state index contributed by atoms with van der Waals surface area (Å²) in [6.45, 7) is 6.80. The van der Waals surface area contributed by atoms with E-state index in [1.54, 1.807) is 4.90 Å². The maximum absolute atomic E-state index is 13.0. The van der Waals surface area contributed by atoms with E-state index in [0.717, 1.165) is 59.6 Å². The summed E-state index contributed by atoms with van der Waals surface area (Å²) in [6, 6.07) is 12.5. The molecule has 9 heteroatoms. The molecule has 3 heterocycles. The second kappa shape index (κ2) is 10.4. The van der Waals surface area contributed by atoms with Gasteiger partial charge in [0, 0.05) is 24.2 Å². The molecule has 2 aliphatic carbocycles. The highest BCUT2D eigenvalue weighted by Crippen LogP contribution is 2.36. The van der Waals surface area contributed by atoms with Crippen LogP contribution in [0.2, 0.25) is 5.15 Å². The van der Waals surface area contributed by atoms with E-state index in [2.05, 4.69) is 38.9 Å². The van der Waals surface area contributed by atoms with E-state index in [9.17, 15) is 4.79 Å². The number of halogens is 1. The van der Waals surface area contributed by atoms with Gasteiger partial charge in [-0.25, -0.2) is 19.7 Å². The molecule has 4 aromatic rings. The number of pyridine rings is 1. The topological polar surface area (TPSA) is 82.4 Å². The van der Waals surface area contributed by atoms with Crippen LogP contribution < -0.4 is 4.90 Å². The van der Waals surface area contributed by atoms with E-state index >= 15 is 0 Å². The number of nitrogens with zero attached hydrogens (tertiary/aromatic N) is 5. The van der Waals surface area contributed by atoms with Gasteiger partial charge in [-0.05, 0) is 88.6 Å². The molecule has 1 aromatic carbocycles. The number of anilines is 1. The van der Waals surface area contributed by atoms with Gasteiger partial charge in [-0.2, -0.15) is 0 Å². The van der Waals surface area contributed by atoms with Crippen molar-refractivity contribution in [1.29, 1.82) is 0 Å². The van der Waals surface area contributed by atoms with E-state index in [-0.39, 0.29) is 12.2 Å². The lowest BCUT2D eigenvalue weighted by atomic mass is 10.1. The lowest BCUT2D eigenvalue weighted by Gasteiger charge is -2.27. The Kier molecular flexibility index (Phi) is 6.93. The number of fused-ring (bicyclic) bond motifs is 2. The highest BCUT2D eigenvalue weighted by Gasteiger charge is 2.31. The highest BCUT2D eigenvalue weighted by molar-refractivity contribution is 6.33. The Labute approximate surface area is 233 Å². The van der Waals surface area contributed by atoms with Crippen molar-refractivity contribution in [2.45, 2.75) is 77.2 Å². The molecule has 2 saturated carbocycles. The Bertz CT molecular complexity index is 1510. The molecule has 39 heavy (non-hydrogen) atoms. The van der Waals surface area contributed by atoms with Crippen LogP contribution in [-0.4, -0.2) is 43.9 Å². The molecular weight excluding hydrogens is 514 g/mol. The van der Waals surface area contributed by atoms with Gasteiger partial charge >= 0.3 is 6.09 Å². The maximum Gasteiger partial charge on any atom is 0.416 e. The zero-order valence-electron chi connectivity index (χ0n) is 22.6. The quantitative estimate of drug-likeness (QED) is 0.230. The second-order valence-electron chi connectivity index (χ2n) is 11.8. The van der Waals surface area contributed by atoms with Gasteiger partial charge in [0.25, 0.3) is 0 Å². The monoisotopic (exact) mass is 547 g/mol. The van der Waals surface area contributed by atoms with Gasteiger partial charge in [-0.1, -0.05) is 23.7 Å². The molecule has 0 bridgehead atoms. The van der Waals surface area contributed by atoms with Crippen molar-refractivity contribution >= 4 is 45.4 Å². The number of ether oxygens (including phenoxy) is 2. The van der Waals surface area contributed by atoms with E-state index in [4.69, 9.17) is 26.1 Å². The van der Waals surface area contributed by atoms with Gasteiger partial charge < -0.3 is 14.0 Å². The Balaban J connectivity index is 1.14. The first kappa shape index (κ1) is 26.0. The van der Waals surface area contributed by atoms with Crippen LogP contribution in [0, 0.1) is 5.92 Å². The van der Waals surface area contributed by atoms with Gasteiger partial charge in [0.2, 0.25) is 0 Å². The van der Waals surface area contributed by atoms with Crippen molar-refractivity contribution in [1.82, 2.24) is 19.5 Å². The summed E-state index contributed by atoms with van der Waals surface area (Å²) in [4.78, 5) is 28.1. The van der Waals surface area contributed by atoms with Crippen LogP contribution in [0.25, 0.3) is 21.9 Å². The number of benzene rings is 1. The summed E-state index contributed by atoms with van der Waals surface area (Å²) in [6.07, 6.45) is 8.60. The molecule has 0 radical (unpaired) electrons. The number of amides is 1. The Morgan fingerprint density at radius 2 is 1.92 bits per heavy atom. The third kappa shape index (κ3) is 5.87. The van der Waals surface area contributed by atoms with Crippen LogP contribution in [0.5, 0.6) is 0 Å². The van der Waals surface area contributed by atoms with Crippen molar-refractivity contribution in [2.75, 3.05) is 11.4 Å². The Morgan fingerprint density at radius 1 is 1.10 bits per heavy atom. The van der Waals surface area contributed by atoms with Crippen LogP contribution in [0.15, 0.2) is 48.9 Å². The molecule has 2 fully saturated rings. The fraction of sp³-hybridized carbons (Fsp3) is 0.467. The third-order valence-corrected chi connectivity index (χ3v) is 7.77. The molecule has 2 atom stereocenters. The highest BCUT2D eigenvalue weighted by atomic mass is 35.5. The molecule has 0 spiro atoms. The second-order valence-corrected chi connectivity index (χ2v) is 12.1. The summed E-state index contributed by atoms with van der Waals surface area (Å²) in [5.41, 5.74) is 2.22. The summed E-state index contributed by atoms with van der Waals surface area (Å²) in [5.74, 6) is 1.14. The minimum Gasteiger partial charge on any atom is -0.443 e. The fourth-order valence-electron chi connectivity index (χ4n) is 5.30. The fourth-order valence-corrected chi connectivity index (χ4v) is 5.49. The molecule has 1 amide bonds. The van der Waals surface area contributed by atoms with Crippen LogP contribution >= 0.6 is 11.6 Å². The zero-order chi connectivity index (χ0) is 27.1. The maximum atomic E-state index is 13.0. The average Bonchev–Trinajstić information content (AvgIpc) is 3.41. The van der Waals surface area contributed by atoms with Crippen LogP contribution in [0.1, 0.15) is 64.5 Å². The van der Waals surface area contributed by atoms with Gasteiger partial charge in [-0.3, -0.25) is 4.90 Å². The minimum absolute atomic E-state index is 0.168. The Morgan fingerprint density at radius 3 is 2.72 bits per heavy atom. The summed E-state index contributed by atoms with van der Waals surface area (Å²) in [5, 5.41) is 2.40. The normalized spacial score (nSPS) is 19.6. The van der Waals surface area contributed by atoms with E-state index < -0.39 is 5.60 Å². The Hall–Kier alpha value is -3.23. The minimum atomic E-state index is -0.561. The first-order chi connectivity index (χ1) is 18.7. The van der Waals surface area contributed by atoms with Crippen LogP contribution in [-0.2, 0) is 16.1 Å². The van der Waals surface area contributed by atoms with Gasteiger partial charge in [0.1, 0.15) is 28.5 Å². The molecule has 0 aliphatic heterocycles.